The highest BCUT2D eigenvalue weighted by Crippen LogP contribution is 2.47. The smallest absolute Gasteiger partial charge is 0.0558 e. The van der Waals surface area contributed by atoms with Gasteiger partial charge < -0.3 is 9.84 Å². The molecule has 0 aromatic heterocycles. The Labute approximate surface area is 86.0 Å². The van der Waals surface area contributed by atoms with Crippen LogP contribution in [0.1, 0.15) is 19.8 Å². The Morgan fingerprint density at radius 3 is 2.57 bits per heavy atom. The Balaban J connectivity index is 1.79. The van der Waals surface area contributed by atoms with Crippen LogP contribution in [0.15, 0.2) is 0 Å². The first-order valence-electron chi connectivity index (χ1n) is 5.81. The third kappa shape index (κ3) is 1.95. The van der Waals surface area contributed by atoms with Crippen LogP contribution in [0.2, 0.25) is 0 Å². The summed E-state index contributed by atoms with van der Waals surface area (Å²) in [4.78, 5) is 2.46. The summed E-state index contributed by atoms with van der Waals surface area (Å²) in [5, 5.41) is 9.00. The quantitative estimate of drug-likeness (QED) is 0.684. The summed E-state index contributed by atoms with van der Waals surface area (Å²) in [6.45, 7) is 6.40. The molecule has 3 heteroatoms. The number of rotatable bonds is 6. The van der Waals surface area contributed by atoms with E-state index in [9.17, 15) is 0 Å². The van der Waals surface area contributed by atoms with Gasteiger partial charge in [-0.25, -0.2) is 0 Å². The van der Waals surface area contributed by atoms with Crippen molar-refractivity contribution in [2.45, 2.75) is 25.8 Å². The summed E-state index contributed by atoms with van der Waals surface area (Å²) in [5.74, 6) is 1.55. The second-order valence-corrected chi connectivity index (χ2v) is 4.47. The molecule has 1 saturated heterocycles. The molecule has 1 N–H and O–H groups in total. The van der Waals surface area contributed by atoms with Gasteiger partial charge >= 0.3 is 0 Å². The molecule has 1 saturated carbocycles. The Morgan fingerprint density at radius 2 is 2.00 bits per heavy atom. The van der Waals surface area contributed by atoms with Crippen LogP contribution in [-0.4, -0.2) is 49.0 Å². The fourth-order valence-electron chi connectivity index (χ4n) is 2.65. The van der Waals surface area contributed by atoms with Crippen molar-refractivity contribution in [3.63, 3.8) is 0 Å². The molecule has 82 valence electrons. The molecular weight excluding hydrogens is 178 g/mol. The van der Waals surface area contributed by atoms with E-state index >= 15 is 0 Å². The van der Waals surface area contributed by atoms with Crippen molar-refractivity contribution in [2.75, 3.05) is 32.9 Å². The van der Waals surface area contributed by atoms with Crippen LogP contribution in [0, 0.1) is 11.8 Å². The summed E-state index contributed by atoms with van der Waals surface area (Å²) >= 11 is 0. The van der Waals surface area contributed by atoms with Gasteiger partial charge in [0.15, 0.2) is 0 Å². The van der Waals surface area contributed by atoms with Gasteiger partial charge in [-0.1, -0.05) is 13.3 Å². The molecule has 2 fully saturated rings. The lowest BCUT2D eigenvalue weighted by Crippen LogP contribution is -2.33. The van der Waals surface area contributed by atoms with E-state index in [1.807, 2.05) is 0 Å². The van der Waals surface area contributed by atoms with Crippen LogP contribution in [0.3, 0.4) is 0 Å². The highest BCUT2D eigenvalue weighted by Gasteiger charge is 2.56. The van der Waals surface area contributed by atoms with Crippen LogP contribution in [0.5, 0.6) is 0 Å². The molecule has 0 aromatic carbocycles. The number of nitrogens with zero attached hydrogens (tertiary/aromatic N) is 1. The summed E-state index contributed by atoms with van der Waals surface area (Å²) in [5.41, 5.74) is 0. The highest BCUT2D eigenvalue weighted by atomic mass is 16.5. The minimum absolute atomic E-state index is 0.292. The van der Waals surface area contributed by atoms with E-state index in [1.165, 1.54) is 12.8 Å². The van der Waals surface area contributed by atoms with Crippen LogP contribution >= 0.6 is 0 Å². The van der Waals surface area contributed by atoms with Gasteiger partial charge in [0.1, 0.15) is 0 Å². The van der Waals surface area contributed by atoms with Gasteiger partial charge in [-0.15, -0.1) is 0 Å². The number of aliphatic hydroxyl groups is 1. The lowest BCUT2D eigenvalue weighted by Gasteiger charge is -2.23. The van der Waals surface area contributed by atoms with Gasteiger partial charge in [-0.3, -0.25) is 4.90 Å². The van der Waals surface area contributed by atoms with E-state index in [0.717, 1.165) is 44.2 Å². The van der Waals surface area contributed by atoms with Crippen molar-refractivity contribution < 1.29 is 9.84 Å². The lowest BCUT2D eigenvalue weighted by molar-refractivity contribution is 0.110. The maximum atomic E-state index is 9.00. The van der Waals surface area contributed by atoms with Gasteiger partial charge in [0, 0.05) is 24.4 Å². The molecule has 0 aromatic rings. The highest BCUT2D eigenvalue weighted by molar-refractivity contribution is 5.07. The van der Waals surface area contributed by atoms with Gasteiger partial charge in [0.05, 0.1) is 19.8 Å². The summed E-state index contributed by atoms with van der Waals surface area (Å²) in [6, 6.07) is 0.724. The first-order valence-corrected chi connectivity index (χ1v) is 5.81. The number of aliphatic hydroxyl groups excluding tert-OH is 1. The molecule has 2 aliphatic rings. The van der Waals surface area contributed by atoms with E-state index in [2.05, 4.69) is 11.8 Å². The monoisotopic (exact) mass is 199 g/mol. The summed E-state index contributed by atoms with van der Waals surface area (Å²) in [6.07, 6.45) is 2.48. The Hall–Kier alpha value is -0.120. The fourth-order valence-corrected chi connectivity index (χ4v) is 2.65. The maximum Gasteiger partial charge on any atom is 0.0558 e. The predicted octanol–water partition coefficient (Wildman–Crippen LogP) is 0.726. The molecule has 0 radical (unpaired) electrons. The van der Waals surface area contributed by atoms with Crippen LogP contribution < -0.4 is 0 Å². The average molecular weight is 199 g/mol. The molecule has 0 spiro atoms. The second kappa shape index (κ2) is 4.60. The van der Waals surface area contributed by atoms with Crippen molar-refractivity contribution in [1.29, 1.82) is 0 Å². The standard InChI is InChI=1S/C11H21NO2/c1-2-3-4-12(5-6-13)11-9-7-14-8-10(9)11/h9-11,13H,2-8H2,1H3. The topological polar surface area (TPSA) is 32.7 Å². The van der Waals surface area contributed by atoms with Gasteiger partial charge in [-0.2, -0.15) is 0 Å². The zero-order valence-corrected chi connectivity index (χ0v) is 8.98. The van der Waals surface area contributed by atoms with Crippen molar-refractivity contribution in [2.24, 2.45) is 11.8 Å². The van der Waals surface area contributed by atoms with Gasteiger partial charge in [-0.05, 0) is 13.0 Å². The minimum atomic E-state index is 0.292. The number of fused-ring (bicyclic) bond motifs is 1. The molecule has 14 heavy (non-hydrogen) atoms. The molecule has 2 rings (SSSR count). The fraction of sp³-hybridized carbons (Fsp3) is 1.00. The SMILES string of the molecule is CCCCN(CCO)C1C2COCC21. The number of hydrogen-bond donors (Lipinski definition) is 1. The molecule has 1 aliphatic heterocycles. The molecule has 1 heterocycles. The lowest BCUT2D eigenvalue weighted by atomic mass is 10.3. The normalized spacial score (nSPS) is 34.9. The predicted molar refractivity (Wildman–Crippen MR) is 55.2 cm³/mol. The Bertz CT molecular complexity index is 176. The molecular formula is C11H21NO2. The first-order chi connectivity index (χ1) is 6.88. The van der Waals surface area contributed by atoms with Crippen molar-refractivity contribution in [3.05, 3.63) is 0 Å². The van der Waals surface area contributed by atoms with Crippen molar-refractivity contribution in [1.82, 2.24) is 4.90 Å². The zero-order valence-electron chi connectivity index (χ0n) is 8.98. The molecule has 0 amide bonds. The number of ether oxygens (including phenoxy) is 1. The molecule has 2 atom stereocenters. The number of unbranched alkanes of at least 4 members (excludes halogenated alkanes) is 1. The Morgan fingerprint density at radius 1 is 1.29 bits per heavy atom. The third-order valence-corrected chi connectivity index (χ3v) is 3.51. The molecule has 0 bridgehead atoms. The number of hydrogen-bond acceptors (Lipinski definition) is 3. The summed E-state index contributed by atoms with van der Waals surface area (Å²) < 4.78 is 5.38. The molecule has 3 nitrogen and oxygen atoms in total. The van der Waals surface area contributed by atoms with Gasteiger partial charge in [0.25, 0.3) is 0 Å². The van der Waals surface area contributed by atoms with E-state index in [4.69, 9.17) is 9.84 Å². The van der Waals surface area contributed by atoms with E-state index in [1.54, 1.807) is 0 Å². The molecule has 1 aliphatic carbocycles. The average Bonchev–Trinajstić information content (AvgIpc) is 2.68. The van der Waals surface area contributed by atoms with E-state index in [-0.39, 0.29) is 0 Å². The van der Waals surface area contributed by atoms with Crippen molar-refractivity contribution in [3.8, 4) is 0 Å². The van der Waals surface area contributed by atoms with E-state index < -0.39 is 0 Å². The largest absolute Gasteiger partial charge is 0.395 e. The second-order valence-electron chi connectivity index (χ2n) is 4.47. The van der Waals surface area contributed by atoms with Crippen LogP contribution in [0.25, 0.3) is 0 Å². The first kappa shape index (κ1) is 10.4. The Kier molecular flexibility index (Phi) is 3.42. The third-order valence-electron chi connectivity index (χ3n) is 3.51. The summed E-state index contributed by atoms with van der Waals surface area (Å²) in [7, 11) is 0. The van der Waals surface area contributed by atoms with Crippen LogP contribution in [0.4, 0.5) is 0 Å². The van der Waals surface area contributed by atoms with Crippen LogP contribution in [-0.2, 0) is 4.74 Å². The van der Waals surface area contributed by atoms with E-state index in [0.29, 0.717) is 6.61 Å². The van der Waals surface area contributed by atoms with Crippen molar-refractivity contribution >= 4 is 0 Å². The maximum absolute atomic E-state index is 9.00. The minimum Gasteiger partial charge on any atom is -0.395 e. The zero-order chi connectivity index (χ0) is 9.97. The van der Waals surface area contributed by atoms with Gasteiger partial charge in [0.2, 0.25) is 0 Å². The molecule has 2 unspecified atom stereocenters.